The average Bonchev–Trinajstić information content (AvgIpc) is 2.16. The summed E-state index contributed by atoms with van der Waals surface area (Å²) in [6, 6.07) is 5.13. The highest BCUT2D eigenvalue weighted by atomic mass is 79.9. The van der Waals surface area contributed by atoms with E-state index in [2.05, 4.69) is 15.9 Å². The molecule has 2 nitrogen and oxygen atoms in total. The first kappa shape index (κ1) is 11.2. The summed E-state index contributed by atoms with van der Waals surface area (Å²) in [6.45, 7) is 3.55. The summed E-state index contributed by atoms with van der Waals surface area (Å²) in [7, 11) is 0. The van der Waals surface area contributed by atoms with Gasteiger partial charge in [0.2, 0.25) is 0 Å². The Bertz CT molecular complexity index is 347. The topological polar surface area (TPSA) is 37.3 Å². The Balaban J connectivity index is 3.16. The van der Waals surface area contributed by atoms with Crippen LogP contribution in [0.15, 0.2) is 18.2 Å². The van der Waals surface area contributed by atoms with Gasteiger partial charge in [-0.2, -0.15) is 0 Å². The molecule has 1 aromatic carbocycles. The Morgan fingerprint density at radius 1 is 1.57 bits per heavy atom. The third-order valence-electron chi connectivity index (χ3n) is 2.14. The van der Waals surface area contributed by atoms with Gasteiger partial charge in [0, 0.05) is 0 Å². The molecule has 0 saturated carbocycles. The highest BCUT2D eigenvalue weighted by molar-refractivity contribution is 9.09. The van der Waals surface area contributed by atoms with Gasteiger partial charge in [-0.25, -0.2) is 0 Å². The number of aryl methyl sites for hydroxylation is 1. The molecule has 0 aliphatic rings. The van der Waals surface area contributed by atoms with E-state index < -0.39 is 0 Å². The van der Waals surface area contributed by atoms with Gasteiger partial charge < -0.3 is 5.11 Å². The van der Waals surface area contributed by atoms with E-state index in [-0.39, 0.29) is 16.4 Å². The Hall–Kier alpha value is -0.830. The summed E-state index contributed by atoms with van der Waals surface area (Å²) in [5.74, 6) is 0.244. The molecule has 1 unspecified atom stereocenters. The van der Waals surface area contributed by atoms with Gasteiger partial charge in [0.05, 0.1) is 4.83 Å². The molecule has 14 heavy (non-hydrogen) atoms. The number of phenols is 1. The number of alkyl halides is 1. The molecule has 1 atom stereocenters. The molecule has 1 aromatic rings. The van der Waals surface area contributed by atoms with Gasteiger partial charge in [-0.15, -0.1) is 0 Å². The minimum absolute atomic E-state index is 0.0466. The van der Waals surface area contributed by atoms with Gasteiger partial charge in [0.25, 0.3) is 0 Å². The van der Waals surface area contributed by atoms with Crippen LogP contribution in [-0.2, 0) is 11.2 Å². The van der Waals surface area contributed by atoms with Crippen LogP contribution < -0.4 is 0 Å². The molecule has 76 valence electrons. The molecule has 0 aromatic heterocycles. The zero-order valence-corrected chi connectivity index (χ0v) is 9.84. The molecule has 1 rings (SSSR count). The van der Waals surface area contributed by atoms with Gasteiger partial charge in [-0.3, -0.25) is 4.79 Å². The first-order valence-corrected chi connectivity index (χ1v) is 5.44. The Morgan fingerprint density at radius 3 is 2.71 bits per heavy atom. The van der Waals surface area contributed by atoms with Crippen LogP contribution in [0.1, 0.15) is 29.8 Å². The number of ketones is 1. The molecule has 0 saturated heterocycles. The maximum Gasteiger partial charge on any atom is 0.147 e. The van der Waals surface area contributed by atoms with Crippen molar-refractivity contribution >= 4 is 21.7 Å². The number of Topliss-reactive ketones (excluding diaryl/α,β-unsaturated/α-hetero) is 1. The third-order valence-corrected chi connectivity index (χ3v) is 3.28. The third kappa shape index (κ3) is 2.35. The second-order valence-corrected chi connectivity index (χ2v) is 4.13. The maximum atomic E-state index is 11.2. The number of benzene rings is 1. The number of carbonyl (C=O) groups excluding carboxylic acids is 1. The van der Waals surface area contributed by atoms with Crippen molar-refractivity contribution in [2.24, 2.45) is 0 Å². The van der Waals surface area contributed by atoms with Crippen molar-refractivity contribution in [3.05, 3.63) is 29.3 Å². The van der Waals surface area contributed by atoms with Crippen LogP contribution in [0.3, 0.4) is 0 Å². The number of phenolic OH excluding ortho intramolecular Hbond substituents is 1. The molecule has 0 bridgehead atoms. The molecule has 1 N–H and O–H groups in total. The highest BCUT2D eigenvalue weighted by Crippen LogP contribution is 2.30. The summed E-state index contributed by atoms with van der Waals surface area (Å²) in [4.78, 5) is 10.9. The molecule has 0 amide bonds. The zero-order valence-electron chi connectivity index (χ0n) is 8.25. The quantitative estimate of drug-likeness (QED) is 0.845. The van der Waals surface area contributed by atoms with E-state index in [0.717, 1.165) is 17.5 Å². The lowest BCUT2D eigenvalue weighted by molar-refractivity contribution is -0.116. The predicted molar refractivity (Wildman–Crippen MR) is 59.8 cm³/mol. The fourth-order valence-corrected chi connectivity index (χ4v) is 1.79. The molecule has 0 aliphatic heterocycles. The Kier molecular flexibility index (Phi) is 3.69. The predicted octanol–water partition coefficient (Wildman–Crippen LogP) is 2.98. The monoisotopic (exact) mass is 256 g/mol. The van der Waals surface area contributed by atoms with E-state index in [9.17, 15) is 9.90 Å². The first-order chi connectivity index (χ1) is 6.56. The number of halogens is 1. The average molecular weight is 257 g/mol. The van der Waals surface area contributed by atoms with Crippen molar-refractivity contribution in [3.8, 4) is 5.75 Å². The van der Waals surface area contributed by atoms with E-state index in [1.807, 2.05) is 13.0 Å². The SMILES string of the molecule is CCc1ccc(O)cc1C(Br)C(C)=O. The van der Waals surface area contributed by atoms with E-state index in [1.165, 1.54) is 6.92 Å². The van der Waals surface area contributed by atoms with Gasteiger partial charge >= 0.3 is 0 Å². The Morgan fingerprint density at radius 2 is 2.21 bits per heavy atom. The molecule has 0 radical (unpaired) electrons. The lowest BCUT2D eigenvalue weighted by atomic mass is 10.0. The van der Waals surface area contributed by atoms with Crippen LogP contribution in [0.25, 0.3) is 0 Å². The minimum atomic E-state index is -0.315. The molecule has 0 fully saturated rings. The summed E-state index contributed by atoms with van der Waals surface area (Å²) in [6.07, 6.45) is 0.852. The number of carbonyl (C=O) groups is 1. The van der Waals surface area contributed by atoms with Gasteiger partial charge in [0.15, 0.2) is 0 Å². The molecule has 0 heterocycles. The summed E-state index contributed by atoms with van der Waals surface area (Å²) in [5.41, 5.74) is 1.94. The summed E-state index contributed by atoms with van der Waals surface area (Å²) >= 11 is 3.32. The number of hydrogen-bond donors (Lipinski definition) is 1. The highest BCUT2D eigenvalue weighted by Gasteiger charge is 2.16. The zero-order chi connectivity index (χ0) is 10.7. The smallest absolute Gasteiger partial charge is 0.147 e. The normalized spacial score (nSPS) is 12.5. The lowest BCUT2D eigenvalue weighted by Gasteiger charge is -2.11. The molecule has 3 heteroatoms. The van der Waals surface area contributed by atoms with E-state index in [1.54, 1.807) is 12.1 Å². The number of aromatic hydroxyl groups is 1. The summed E-state index contributed by atoms with van der Waals surface area (Å²) in [5, 5.41) is 9.33. The summed E-state index contributed by atoms with van der Waals surface area (Å²) < 4.78 is 0. The van der Waals surface area contributed by atoms with Crippen LogP contribution in [-0.4, -0.2) is 10.9 Å². The number of rotatable bonds is 3. The molecular formula is C11H13BrO2. The molecular weight excluding hydrogens is 244 g/mol. The van der Waals surface area contributed by atoms with Crippen molar-refractivity contribution < 1.29 is 9.90 Å². The van der Waals surface area contributed by atoms with Gasteiger partial charge in [-0.1, -0.05) is 28.9 Å². The van der Waals surface area contributed by atoms with E-state index >= 15 is 0 Å². The Labute approximate surface area is 92.1 Å². The lowest BCUT2D eigenvalue weighted by Crippen LogP contribution is -2.04. The van der Waals surface area contributed by atoms with Crippen LogP contribution in [0.2, 0.25) is 0 Å². The maximum absolute atomic E-state index is 11.2. The molecule has 0 aliphatic carbocycles. The van der Waals surface area contributed by atoms with Crippen LogP contribution in [0, 0.1) is 0 Å². The molecule has 0 spiro atoms. The van der Waals surface area contributed by atoms with Crippen molar-refractivity contribution in [2.75, 3.05) is 0 Å². The van der Waals surface area contributed by atoms with Gasteiger partial charge in [-0.05, 0) is 36.6 Å². The van der Waals surface area contributed by atoms with Crippen LogP contribution in [0.4, 0.5) is 0 Å². The largest absolute Gasteiger partial charge is 0.508 e. The number of hydrogen-bond acceptors (Lipinski definition) is 2. The second-order valence-electron chi connectivity index (χ2n) is 3.21. The van der Waals surface area contributed by atoms with E-state index in [4.69, 9.17) is 0 Å². The first-order valence-electron chi connectivity index (χ1n) is 4.52. The van der Waals surface area contributed by atoms with Crippen molar-refractivity contribution in [3.63, 3.8) is 0 Å². The van der Waals surface area contributed by atoms with Crippen molar-refractivity contribution in [1.82, 2.24) is 0 Å². The second kappa shape index (κ2) is 4.60. The minimum Gasteiger partial charge on any atom is -0.508 e. The van der Waals surface area contributed by atoms with Crippen molar-refractivity contribution in [2.45, 2.75) is 25.1 Å². The van der Waals surface area contributed by atoms with Crippen molar-refractivity contribution in [1.29, 1.82) is 0 Å². The van der Waals surface area contributed by atoms with Crippen LogP contribution >= 0.6 is 15.9 Å². The van der Waals surface area contributed by atoms with Gasteiger partial charge in [0.1, 0.15) is 11.5 Å². The van der Waals surface area contributed by atoms with Crippen LogP contribution in [0.5, 0.6) is 5.75 Å². The fourth-order valence-electron chi connectivity index (χ4n) is 1.36. The fraction of sp³-hybridized carbons (Fsp3) is 0.364. The standard InChI is InChI=1S/C11H13BrO2/c1-3-8-4-5-9(14)6-10(8)11(12)7(2)13/h4-6,11,14H,3H2,1-2H3. The van der Waals surface area contributed by atoms with E-state index in [0.29, 0.717) is 0 Å².